The second-order valence-corrected chi connectivity index (χ2v) is 6.19. The summed E-state index contributed by atoms with van der Waals surface area (Å²) in [6.07, 6.45) is 0.921. The SMILES string of the molecule is COc1cc(CN2CCC(NC(C)=O)C2)cc(Cl)c1OCC(N)=O. The molecule has 0 radical (unpaired) electrons. The van der Waals surface area contributed by atoms with Crippen molar-refractivity contribution in [1.29, 1.82) is 0 Å². The van der Waals surface area contributed by atoms with Crippen molar-refractivity contribution < 1.29 is 19.1 Å². The van der Waals surface area contributed by atoms with E-state index in [1.54, 1.807) is 6.07 Å². The van der Waals surface area contributed by atoms with Crippen LogP contribution >= 0.6 is 11.6 Å². The van der Waals surface area contributed by atoms with Crippen LogP contribution in [0.15, 0.2) is 12.1 Å². The van der Waals surface area contributed by atoms with E-state index in [0.29, 0.717) is 23.1 Å². The zero-order valence-electron chi connectivity index (χ0n) is 13.8. The van der Waals surface area contributed by atoms with Crippen LogP contribution in [-0.2, 0) is 16.1 Å². The Morgan fingerprint density at radius 3 is 2.83 bits per heavy atom. The molecule has 2 amide bonds. The minimum Gasteiger partial charge on any atom is -0.493 e. The number of amides is 2. The fourth-order valence-corrected chi connectivity index (χ4v) is 3.08. The molecule has 1 unspecified atom stereocenters. The number of carbonyl (C=O) groups excluding carboxylic acids is 2. The second-order valence-electron chi connectivity index (χ2n) is 5.79. The third-order valence-electron chi connectivity index (χ3n) is 3.73. The lowest BCUT2D eigenvalue weighted by Crippen LogP contribution is -2.35. The van der Waals surface area contributed by atoms with Crippen LogP contribution in [0.5, 0.6) is 11.5 Å². The van der Waals surface area contributed by atoms with Crippen molar-refractivity contribution in [2.24, 2.45) is 5.73 Å². The van der Waals surface area contributed by atoms with Crippen LogP contribution in [0.25, 0.3) is 0 Å². The van der Waals surface area contributed by atoms with E-state index in [1.807, 2.05) is 6.07 Å². The predicted molar refractivity (Wildman–Crippen MR) is 90.2 cm³/mol. The fourth-order valence-electron chi connectivity index (χ4n) is 2.79. The smallest absolute Gasteiger partial charge is 0.255 e. The molecule has 132 valence electrons. The van der Waals surface area contributed by atoms with Crippen molar-refractivity contribution in [2.75, 3.05) is 26.8 Å². The number of ether oxygens (including phenoxy) is 2. The lowest BCUT2D eigenvalue weighted by Gasteiger charge is -2.18. The summed E-state index contributed by atoms with van der Waals surface area (Å²) in [5.41, 5.74) is 6.05. The molecular weight excluding hydrogens is 334 g/mol. The molecule has 1 aliphatic heterocycles. The van der Waals surface area contributed by atoms with E-state index in [4.69, 9.17) is 26.8 Å². The maximum absolute atomic E-state index is 11.1. The van der Waals surface area contributed by atoms with Gasteiger partial charge >= 0.3 is 0 Å². The fraction of sp³-hybridized carbons (Fsp3) is 0.500. The van der Waals surface area contributed by atoms with Crippen LogP contribution in [0.4, 0.5) is 0 Å². The number of likely N-dealkylation sites (tertiary alicyclic amines) is 1. The highest BCUT2D eigenvalue weighted by molar-refractivity contribution is 6.32. The van der Waals surface area contributed by atoms with Gasteiger partial charge in [0.15, 0.2) is 18.1 Å². The van der Waals surface area contributed by atoms with Crippen molar-refractivity contribution in [3.8, 4) is 11.5 Å². The molecule has 0 saturated carbocycles. The van der Waals surface area contributed by atoms with Gasteiger partial charge < -0.3 is 20.5 Å². The van der Waals surface area contributed by atoms with Gasteiger partial charge in [-0.3, -0.25) is 14.5 Å². The number of methoxy groups -OCH3 is 1. The van der Waals surface area contributed by atoms with E-state index in [9.17, 15) is 9.59 Å². The molecule has 1 heterocycles. The van der Waals surface area contributed by atoms with Gasteiger partial charge in [0.05, 0.1) is 12.1 Å². The first kappa shape index (κ1) is 18.4. The number of hydrogen-bond acceptors (Lipinski definition) is 5. The molecular formula is C16H22ClN3O4. The molecule has 0 aromatic heterocycles. The summed E-state index contributed by atoms with van der Waals surface area (Å²) < 4.78 is 10.6. The van der Waals surface area contributed by atoms with Crippen LogP contribution in [0.2, 0.25) is 5.02 Å². The standard InChI is InChI=1S/C16H22ClN3O4/c1-10(21)19-12-3-4-20(8-12)7-11-5-13(17)16(14(6-11)23-2)24-9-15(18)22/h5-6,12H,3-4,7-9H2,1-2H3,(H2,18,22)(H,19,21). The first-order chi connectivity index (χ1) is 11.4. The second kappa shape index (κ2) is 8.21. The summed E-state index contributed by atoms with van der Waals surface area (Å²) in [4.78, 5) is 24.2. The van der Waals surface area contributed by atoms with Gasteiger partial charge in [0.1, 0.15) is 0 Å². The molecule has 1 aromatic rings. The van der Waals surface area contributed by atoms with Gasteiger partial charge in [0.2, 0.25) is 5.91 Å². The van der Waals surface area contributed by atoms with E-state index >= 15 is 0 Å². The van der Waals surface area contributed by atoms with E-state index in [2.05, 4.69) is 10.2 Å². The number of benzene rings is 1. The summed E-state index contributed by atoms with van der Waals surface area (Å²) in [6.45, 7) is 3.63. The zero-order chi connectivity index (χ0) is 17.7. The van der Waals surface area contributed by atoms with Crippen molar-refractivity contribution in [1.82, 2.24) is 10.2 Å². The van der Waals surface area contributed by atoms with E-state index in [1.165, 1.54) is 14.0 Å². The molecule has 1 atom stereocenters. The summed E-state index contributed by atoms with van der Waals surface area (Å²) in [7, 11) is 1.51. The quantitative estimate of drug-likeness (QED) is 0.758. The molecule has 0 spiro atoms. The van der Waals surface area contributed by atoms with Gasteiger partial charge in [-0.15, -0.1) is 0 Å². The van der Waals surface area contributed by atoms with Gasteiger partial charge in [-0.1, -0.05) is 11.6 Å². The first-order valence-electron chi connectivity index (χ1n) is 7.66. The molecule has 3 N–H and O–H groups in total. The highest BCUT2D eigenvalue weighted by atomic mass is 35.5. The van der Waals surface area contributed by atoms with Crippen molar-refractivity contribution in [3.05, 3.63) is 22.7 Å². The molecule has 2 rings (SSSR count). The Balaban J connectivity index is 2.05. The predicted octanol–water partition coefficient (Wildman–Crippen LogP) is 0.923. The number of nitrogens with zero attached hydrogens (tertiary/aromatic N) is 1. The number of hydrogen-bond donors (Lipinski definition) is 2. The molecule has 0 bridgehead atoms. The first-order valence-corrected chi connectivity index (χ1v) is 8.03. The minimum absolute atomic E-state index is 0.0116. The van der Waals surface area contributed by atoms with Crippen molar-refractivity contribution in [2.45, 2.75) is 25.9 Å². The van der Waals surface area contributed by atoms with Gasteiger partial charge in [-0.2, -0.15) is 0 Å². The third kappa shape index (κ3) is 5.01. The van der Waals surface area contributed by atoms with Crippen molar-refractivity contribution in [3.63, 3.8) is 0 Å². The normalized spacial score (nSPS) is 17.5. The Labute approximate surface area is 146 Å². The van der Waals surface area contributed by atoms with Gasteiger partial charge in [0.25, 0.3) is 5.91 Å². The molecule has 24 heavy (non-hydrogen) atoms. The van der Waals surface area contributed by atoms with Crippen LogP contribution < -0.4 is 20.5 Å². The van der Waals surface area contributed by atoms with Crippen LogP contribution in [0.3, 0.4) is 0 Å². The molecule has 1 aliphatic rings. The molecule has 7 nitrogen and oxygen atoms in total. The van der Waals surface area contributed by atoms with Crippen LogP contribution in [-0.4, -0.2) is 49.6 Å². The summed E-state index contributed by atoms with van der Waals surface area (Å²) in [5.74, 6) is 0.163. The number of halogens is 1. The third-order valence-corrected chi connectivity index (χ3v) is 4.01. The highest BCUT2D eigenvalue weighted by Crippen LogP contribution is 2.36. The molecule has 1 saturated heterocycles. The molecule has 8 heteroatoms. The maximum atomic E-state index is 11.1. The Morgan fingerprint density at radius 2 is 2.21 bits per heavy atom. The lowest BCUT2D eigenvalue weighted by molar-refractivity contribution is -0.120. The molecule has 1 fully saturated rings. The van der Waals surface area contributed by atoms with Gasteiger partial charge in [-0.05, 0) is 24.1 Å². The van der Waals surface area contributed by atoms with Gasteiger partial charge in [-0.25, -0.2) is 0 Å². The number of carbonyl (C=O) groups is 2. The summed E-state index contributed by atoms with van der Waals surface area (Å²) >= 11 is 6.25. The number of rotatable bonds is 7. The summed E-state index contributed by atoms with van der Waals surface area (Å²) in [5, 5.41) is 3.30. The number of nitrogens with one attached hydrogen (secondary N) is 1. The van der Waals surface area contributed by atoms with Crippen LogP contribution in [0, 0.1) is 0 Å². The van der Waals surface area contributed by atoms with Crippen LogP contribution in [0.1, 0.15) is 18.9 Å². The topological polar surface area (TPSA) is 93.9 Å². The average molecular weight is 356 g/mol. The van der Waals surface area contributed by atoms with Crippen molar-refractivity contribution >= 4 is 23.4 Å². The van der Waals surface area contributed by atoms with E-state index < -0.39 is 5.91 Å². The Kier molecular flexibility index (Phi) is 6.28. The molecule has 0 aliphatic carbocycles. The zero-order valence-corrected chi connectivity index (χ0v) is 14.6. The van der Waals surface area contributed by atoms with E-state index in [-0.39, 0.29) is 18.6 Å². The Morgan fingerprint density at radius 1 is 1.46 bits per heavy atom. The molecule has 1 aromatic carbocycles. The average Bonchev–Trinajstić information content (AvgIpc) is 2.91. The monoisotopic (exact) mass is 355 g/mol. The Hall–Kier alpha value is -1.99. The number of nitrogens with two attached hydrogens (primary N) is 1. The van der Waals surface area contributed by atoms with Gasteiger partial charge in [0, 0.05) is 32.6 Å². The number of primary amides is 1. The lowest BCUT2D eigenvalue weighted by atomic mass is 10.2. The summed E-state index contributed by atoms with van der Waals surface area (Å²) in [6, 6.07) is 3.79. The van der Waals surface area contributed by atoms with E-state index in [0.717, 1.165) is 25.1 Å². The largest absolute Gasteiger partial charge is 0.493 e. The Bertz CT molecular complexity index is 624. The maximum Gasteiger partial charge on any atom is 0.255 e. The highest BCUT2D eigenvalue weighted by Gasteiger charge is 2.23. The minimum atomic E-state index is -0.585.